The van der Waals surface area contributed by atoms with Crippen molar-refractivity contribution in [3.63, 3.8) is 0 Å². The molecule has 0 saturated carbocycles. The number of hydrogen-bond acceptors (Lipinski definition) is 11. The van der Waals surface area contributed by atoms with Gasteiger partial charge in [-0.3, -0.25) is 23.7 Å². The van der Waals surface area contributed by atoms with Crippen LogP contribution in [-0.4, -0.2) is 52.5 Å². The Hall–Kier alpha value is -3.54. The summed E-state index contributed by atoms with van der Waals surface area (Å²) >= 11 is 0. The van der Waals surface area contributed by atoms with E-state index in [9.17, 15) is 24.1 Å². The molecule has 1 aliphatic heterocycles. The van der Waals surface area contributed by atoms with E-state index in [4.69, 9.17) is 23.5 Å². The maximum absolute atomic E-state index is 12.5. The molecule has 206 valence electrons. The van der Waals surface area contributed by atoms with Gasteiger partial charge in [-0.2, -0.15) is 0 Å². The number of aromatic amines is 1. The summed E-state index contributed by atoms with van der Waals surface area (Å²) in [5.74, 6) is -1.34. The maximum Gasteiger partial charge on any atom is 0.395 e. The van der Waals surface area contributed by atoms with E-state index in [0.717, 1.165) is 0 Å². The molecule has 2 aromatic rings. The number of carbonyl (C=O) groups excluding carboxylic acids is 2. The molecule has 2 unspecified atom stereocenters. The highest BCUT2D eigenvalue weighted by atomic mass is 31.1. The number of nitrogens with one attached hydrogen (secondary N) is 1. The Morgan fingerprint density at radius 2 is 1.87 bits per heavy atom. The first-order chi connectivity index (χ1) is 18.0. The molecular weight excluding hydrogens is 521 g/mol. The van der Waals surface area contributed by atoms with Crippen molar-refractivity contribution in [3.8, 4) is 11.5 Å². The SMILES string of the molecule is CC(=O)O[C@H]1C(C)[C@H](n2ccc(=O)[nH]c2=O)O[C@@H]1COc1ccccc1O[P+]([O-])=N[C@@H](C)C(=O)OC(C)C. The molecule has 0 radical (unpaired) electrons. The summed E-state index contributed by atoms with van der Waals surface area (Å²) in [5, 5.41) is 0. The van der Waals surface area contributed by atoms with Crippen LogP contribution in [0.3, 0.4) is 0 Å². The third-order valence-corrected chi connectivity index (χ3v) is 6.35. The second kappa shape index (κ2) is 12.8. The lowest BCUT2D eigenvalue weighted by Crippen LogP contribution is -2.35. The van der Waals surface area contributed by atoms with Gasteiger partial charge in [0.05, 0.1) is 6.10 Å². The molecule has 3 rings (SSSR count). The molecule has 1 aromatic carbocycles. The van der Waals surface area contributed by atoms with Crippen molar-refractivity contribution in [1.82, 2.24) is 9.55 Å². The number of benzene rings is 1. The van der Waals surface area contributed by atoms with Crippen LogP contribution < -0.4 is 25.4 Å². The van der Waals surface area contributed by atoms with Gasteiger partial charge in [-0.05, 0) is 32.9 Å². The summed E-state index contributed by atoms with van der Waals surface area (Å²) in [5.41, 5.74) is -1.23. The average molecular weight is 551 g/mol. The second-order valence-corrected chi connectivity index (χ2v) is 9.77. The molecule has 0 spiro atoms. The summed E-state index contributed by atoms with van der Waals surface area (Å²) in [6.45, 7) is 7.70. The molecule has 0 amide bonds. The Balaban J connectivity index is 1.75. The minimum Gasteiger partial charge on any atom is -0.575 e. The fourth-order valence-corrected chi connectivity index (χ4v) is 4.52. The molecule has 6 atom stereocenters. The normalized spacial score (nSPS) is 22.1. The molecule has 14 heteroatoms. The Labute approximate surface area is 219 Å². The molecule has 0 aliphatic carbocycles. The zero-order chi connectivity index (χ0) is 28.0. The predicted molar refractivity (Wildman–Crippen MR) is 133 cm³/mol. The minimum absolute atomic E-state index is 0.102. The van der Waals surface area contributed by atoms with Crippen molar-refractivity contribution in [1.29, 1.82) is 0 Å². The number of hydrogen-bond donors (Lipinski definition) is 1. The first kappa shape index (κ1) is 29.0. The van der Waals surface area contributed by atoms with Gasteiger partial charge in [0.15, 0.2) is 11.8 Å². The molecule has 38 heavy (non-hydrogen) atoms. The van der Waals surface area contributed by atoms with Crippen LogP contribution in [0.5, 0.6) is 11.5 Å². The molecular formula is C24H30N3O10P. The van der Waals surface area contributed by atoms with Crippen LogP contribution >= 0.6 is 8.17 Å². The number of ether oxygens (including phenoxy) is 4. The lowest BCUT2D eigenvalue weighted by Gasteiger charge is -2.21. The van der Waals surface area contributed by atoms with Gasteiger partial charge in [-0.25, -0.2) is 9.59 Å². The first-order valence-electron chi connectivity index (χ1n) is 11.9. The monoisotopic (exact) mass is 551 g/mol. The highest BCUT2D eigenvalue weighted by Gasteiger charge is 2.46. The number of esters is 2. The number of para-hydroxylation sites is 2. The van der Waals surface area contributed by atoms with E-state index in [1.807, 2.05) is 0 Å². The number of H-pyrrole nitrogens is 1. The number of carbonyl (C=O) groups is 2. The van der Waals surface area contributed by atoms with Crippen LogP contribution in [0.4, 0.5) is 0 Å². The standard InChI is InChI=1S/C24H30N3O10P/c1-13(2)34-23(30)15(4)26-38(32)37-18-9-7-6-8-17(18)33-12-19-21(35-16(5)28)14(3)22(36-19)27-11-10-20(29)25-24(27)31/h6-11,13-15,19,21-22H,12H2,1-5H3,(H,25,29,31)/t14?,15-,19+,21-,22+/m0/s1. The van der Waals surface area contributed by atoms with E-state index < -0.39 is 61.8 Å². The summed E-state index contributed by atoms with van der Waals surface area (Å²) in [4.78, 5) is 62.1. The lowest BCUT2D eigenvalue weighted by atomic mass is 10.0. The van der Waals surface area contributed by atoms with Crippen LogP contribution in [0.2, 0.25) is 0 Å². The summed E-state index contributed by atoms with van der Waals surface area (Å²) in [6, 6.07) is 6.57. The average Bonchev–Trinajstić information content (AvgIpc) is 3.12. The fraction of sp³-hybridized carbons (Fsp3) is 0.500. The zero-order valence-corrected chi connectivity index (χ0v) is 22.5. The third-order valence-electron chi connectivity index (χ3n) is 5.47. The second-order valence-electron chi connectivity index (χ2n) is 8.88. The summed E-state index contributed by atoms with van der Waals surface area (Å²) in [6.07, 6.45) is -1.45. The summed E-state index contributed by atoms with van der Waals surface area (Å²) < 4.78 is 32.9. The number of aromatic nitrogens is 2. The van der Waals surface area contributed by atoms with E-state index in [0.29, 0.717) is 0 Å². The minimum atomic E-state index is -2.64. The van der Waals surface area contributed by atoms with Crippen molar-refractivity contribution in [2.24, 2.45) is 10.7 Å². The van der Waals surface area contributed by atoms with E-state index >= 15 is 0 Å². The Bertz CT molecular complexity index is 1290. The van der Waals surface area contributed by atoms with Crippen LogP contribution in [-0.2, 0) is 23.8 Å². The van der Waals surface area contributed by atoms with Crippen LogP contribution in [0, 0.1) is 5.92 Å². The van der Waals surface area contributed by atoms with Crippen LogP contribution in [0.15, 0.2) is 50.9 Å². The predicted octanol–water partition coefficient (Wildman–Crippen LogP) is 1.66. The molecule has 1 N–H and O–H groups in total. The fourth-order valence-electron chi connectivity index (χ4n) is 3.78. The zero-order valence-electron chi connectivity index (χ0n) is 21.6. The maximum atomic E-state index is 12.5. The molecule has 1 saturated heterocycles. The van der Waals surface area contributed by atoms with Crippen molar-refractivity contribution in [2.75, 3.05) is 6.61 Å². The molecule has 0 bridgehead atoms. The van der Waals surface area contributed by atoms with Gasteiger partial charge in [0.1, 0.15) is 25.0 Å². The smallest absolute Gasteiger partial charge is 0.395 e. The molecule has 2 heterocycles. The number of rotatable bonds is 10. The van der Waals surface area contributed by atoms with E-state index in [1.165, 1.54) is 36.7 Å². The summed E-state index contributed by atoms with van der Waals surface area (Å²) in [7, 11) is -2.64. The highest BCUT2D eigenvalue weighted by Crippen LogP contribution is 2.38. The largest absolute Gasteiger partial charge is 0.575 e. The van der Waals surface area contributed by atoms with Crippen molar-refractivity contribution in [3.05, 3.63) is 57.4 Å². The van der Waals surface area contributed by atoms with Gasteiger partial charge in [0, 0.05) is 25.1 Å². The van der Waals surface area contributed by atoms with Crippen molar-refractivity contribution < 1.29 is 38.0 Å². The van der Waals surface area contributed by atoms with Crippen LogP contribution in [0.25, 0.3) is 0 Å². The van der Waals surface area contributed by atoms with E-state index in [1.54, 1.807) is 39.0 Å². The van der Waals surface area contributed by atoms with E-state index in [-0.39, 0.29) is 24.2 Å². The van der Waals surface area contributed by atoms with Gasteiger partial charge < -0.3 is 23.8 Å². The lowest BCUT2D eigenvalue weighted by molar-refractivity contribution is -0.170. The molecule has 1 aliphatic rings. The van der Waals surface area contributed by atoms with Gasteiger partial charge in [-0.15, -0.1) is 0 Å². The molecule has 1 aromatic heterocycles. The van der Waals surface area contributed by atoms with Gasteiger partial charge in [0.25, 0.3) is 5.56 Å². The van der Waals surface area contributed by atoms with Crippen LogP contribution in [0.1, 0.15) is 40.8 Å². The first-order valence-corrected chi connectivity index (χ1v) is 13.0. The Kier molecular flexibility index (Phi) is 9.78. The molecule has 1 fully saturated rings. The molecule has 13 nitrogen and oxygen atoms in total. The highest BCUT2D eigenvalue weighted by molar-refractivity contribution is 7.34. The van der Waals surface area contributed by atoms with E-state index in [2.05, 4.69) is 9.73 Å². The number of nitrogens with zero attached hydrogens (tertiary/aromatic N) is 2. The third kappa shape index (κ3) is 7.50. The van der Waals surface area contributed by atoms with Crippen molar-refractivity contribution >= 4 is 20.1 Å². The van der Waals surface area contributed by atoms with Crippen molar-refractivity contribution in [2.45, 2.75) is 65.2 Å². The Morgan fingerprint density at radius 1 is 1.18 bits per heavy atom. The van der Waals surface area contributed by atoms with Gasteiger partial charge in [0.2, 0.25) is 5.75 Å². The van der Waals surface area contributed by atoms with Gasteiger partial charge >= 0.3 is 25.8 Å². The topological polar surface area (TPSA) is 171 Å². The quantitative estimate of drug-likeness (QED) is 0.338. The van der Waals surface area contributed by atoms with Gasteiger partial charge in [-0.1, -0.05) is 23.8 Å². The Morgan fingerprint density at radius 3 is 2.50 bits per heavy atom.